The molecule has 0 saturated heterocycles. The van der Waals surface area contributed by atoms with Crippen molar-refractivity contribution in [2.24, 2.45) is 23.7 Å². The van der Waals surface area contributed by atoms with E-state index in [1.807, 2.05) is 0 Å². The number of benzene rings is 1. The summed E-state index contributed by atoms with van der Waals surface area (Å²) in [4.78, 5) is 0. The molecular weight excluding hydrogens is 416 g/mol. The van der Waals surface area contributed by atoms with E-state index in [-0.39, 0.29) is 0 Å². The third kappa shape index (κ3) is 10.2. The SMILES string of the molecule is CCCCCCCC1CCCCC1CCCOc1ccc(OCC2CCC(CCC)CC2)cc1. The molecule has 194 valence electrons. The molecule has 0 heterocycles. The number of hydrogen-bond acceptors (Lipinski definition) is 2. The van der Waals surface area contributed by atoms with E-state index in [1.54, 1.807) is 0 Å². The normalized spacial score (nSPS) is 25.2. The highest BCUT2D eigenvalue weighted by Gasteiger charge is 2.24. The summed E-state index contributed by atoms with van der Waals surface area (Å²) < 4.78 is 12.2. The minimum Gasteiger partial charge on any atom is -0.494 e. The smallest absolute Gasteiger partial charge is 0.119 e. The van der Waals surface area contributed by atoms with Gasteiger partial charge < -0.3 is 9.47 Å². The van der Waals surface area contributed by atoms with E-state index in [0.717, 1.165) is 48.4 Å². The first-order valence-electron chi connectivity index (χ1n) is 15.1. The molecule has 0 aliphatic heterocycles. The molecule has 2 aliphatic rings. The maximum absolute atomic E-state index is 6.11. The van der Waals surface area contributed by atoms with E-state index in [1.165, 1.54) is 116 Å². The second kappa shape index (κ2) is 16.5. The Balaban J connectivity index is 1.27. The van der Waals surface area contributed by atoms with Crippen molar-refractivity contribution in [2.45, 2.75) is 129 Å². The van der Waals surface area contributed by atoms with E-state index in [2.05, 4.69) is 38.1 Å². The highest BCUT2D eigenvalue weighted by atomic mass is 16.5. The van der Waals surface area contributed by atoms with Crippen LogP contribution in [0.15, 0.2) is 24.3 Å². The fourth-order valence-corrected chi connectivity index (χ4v) is 6.53. The van der Waals surface area contributed by atoms with Gasteiger partial charge in [-0.3, -0.25) is 0 Å². The molecule has 3 rings (SSSR count). The van der Waals surface area contributed by atoms with Crippen molar-refractivity contribution in [3.05, 3.63) is 24.3 Å². The van der Waals surface area contributed by atoms with Gasteiger partial charge in [-0.2, -0.15) is 0 Å². The van der Waals surface area contributed by atoms with Gasteiger partial charge in [-0.05, 0) is 73.6 Å². The molecule has 0 amide bonds. The van der Waals surface area contributed by atoms with Crippen LogP contribution in [-0.4, -0.2) is 13.2 Å². The van der Waals surface area contributed by atoms with Crippen molar-refractivity contribution in [3.63, 3.8) is 0 Å². The Bertz CT molecular complexity index is 616. The first-order valence-corrected chi connectivity index (χ1v) is 15.1. The molecule has 2 unspecified atom stereocenters. The van der Waals surface area contributed by atoms with E-state index in [4.69, 9.17) is 9.47 Å². The van der Waals surface area contributed by atoms with Crippen LogP contribution in [0, 0.1) is 23.7 Å². The van der Waals surface area contributed by atoms with Gasteiger partial charge in [0.05, 0.1) is 13.2 Å². The summed E-state index contributed by atoms with van der Waals surface area (Å²) in [6.45, 7) is 6.34. The molecule has 0 spiro atoms. The summed E-state index contributed by atoms with van der Waals surface area (Å²) in [7, 11) is 0. The van der Waals surface area contributed by atoms with Crippen LogP contribution in [0.1, 0.15) is 129 Å². The monoisotopic (exact) mass is 470 g/mol. The van der Waals surface area contributed by atoms with Gasteiger partial charge in [0.25, 0.3) is 0 Å². The van der Waals surface area contributed by atoms with Gasteiger partial charge in [0.15, 0.2) is 0 Å². The standard InChI is InChI=1S/C32H54O2/c1-3-5-6-7-8-13-29-14-9-10-15-30(29)16-11-25-33-31-21-23-32(24-22-31)34-26-28-19-17-27(12-4-2)18-20-28/h21-24,27-30H,3-20,25-26H2,1-2H3. The van der Waals surface area contributed by atoms with Crippen LogP contribution < -0.4 is 9.47 Å². The summed E-state index contributed by atoms with van der Waals surface area (Å²) in [5, 5.41) is 0. The van der Waals surface area contributed by atoms with Gasteiger partial charge in [0.2, 0.25) is 0 Å². The molecule has 0 radical (unpaired) electrons. The first-order chi connectivity index (χ1) is 16.8. The number of unbranched alkanes of at least 4 members (excludes halogenated alkanes) is 4. The van der Waals surface area contributed by atoms with Gasteiger partial charge >= 0.3 is 0 Å². The lowest BCUT2D eigenvalue weighted by molar-refractivity contribution is 0.178. The molecular formula is C32H54O2. The Kier molecular flexibility index (Phi) is 13.3. The molecule has 2 aliphatic carbocycles. The van der Waals surface area contributed by atoms with Gasteiger partial charge in [-0.1, -0.05) is 104 Å². The number of hydrogen-bond donors (Lipinski definition) is 0. The third-order valence-corrected chi connectivity index (χ3v) is 8.71. The van der Waals surface area contributed by atoms with Gasteiger partial charge in [-0.25, -0.2) is 0 Å². The van der Waals surface area contributed by atoms with Crippen molar-refractivity contribution in [3.8, 4) is 11.5 Å². The van der Waals surface area contributed by atoms with Crippen LogP contribution >= 0.6 is 0 Å². The quantitative estimate of drug-likeness (QED) is 0.224. The molecule has 2 saturated carbocycles. The van der Waals surface area contributed by atoms with Crippen molar-refractivity contribution in [1.29, 1.82) is 0 Å². The third-order valence-electron chi connectivity index (χ3n) is 8.71. The Hall–Kier alpha value is -1.18. The first kappa shape index (κ1) is 27.4. The maximum Gasteiger partial charge on any atom is 0.119 e. The van der Waals surface area contributed by atoms with Gasteiger partial charge in [-0.15, -0.1) is 0 Å². The largest absolute Gasteiger partial charge is 0.494 e. The summed E-state index contributed by atoms with van der Waals surface area (Å²) in [6.07, 6.45) is 25.2. The Morgan fingerprint density at radius 3 is 1.82 bits per heavy atom. The van der Waals surface area contributed by atoms with Crippen molar-refractivity contribution < 1.29 is 9.47 Å². The molecule has 1 aromatic rings. The molecule has 0 bridgehead atoms. The molecule has 0 aromatic heterocycles. The Labute approximate surface area is 211 Å². The minimum absolute atomic E-state index is 0.740. The molecule has 2 nitrogen and oxygen atoms in total. The second-order valence-corrected chi connectivity index (χ2v) is 11.5. The van der Waals surface area contributed by atoms with Gasteiger partial charge in [0, 0.05) is 0 Å². The fourth-order valence-electron chi connectivity index (χ4n) is 6.53. The fraction of sp³-hybridized carbons (Fsp3) is 0.812. The van der Waals surface area contributed by atoms with Gasteiger partial charge in [0.1, 0.15) is 11.5 Å². The molecule has 0 N–H and O–H groups in total. The number of ether oxygens (including phenoxy) is 2. The van der Waals surface area contributed by atoms with Crippen molar-refractivity contribution in [1.82, 2.24) is 0 Å². The highest BCUT2D eigenvalue weighted by Crippen LogP contribution is 2.36. The average Bonchev–Trinajstić information content (AvgIpc) is 2.88. The number of rotatable bonds is 16. The molecule has 2 atom stereocenters. The van der Waals surface area contributed by atoms with E-state index < -0.39 is 0 Å². The maximum atomic E-state index is 6.11. The summed E-state index contributed by atoms with van der Waals surface area (Å²) in [6, 6.07) is 8.36. The zero-order valence-corrected chi connectivity index (χ0v) is 22.6. The minimum atomic E-state index is 0.740. The molecule has 34 heavy (non-hydrogen) atoms. The van der Waals surface area contributed by atoms with Crippen molar-refractivity contribution in [2.75, 3.05) is 13.2 Å². The lowest BCUT2D eigenvalue weighted by Crippen LogP contribution is -2.20. The zero-order chi connectivity index (χ0) is 23.8. The van der Waals surface area contributed by atoms with Crippen LogP contribution in [-0.2, 0) is 0 Å². The van der Waals surface area contributed by atoms with E-state index >= 15 is 0 Å². The Morgan fingerprint density at radius 2 is 1.18 bits per heavy atom. The van der Waals surface area contributed by atoms with E-state index in [0.29, 0.717) is 0 Å². The second-order valence-electron chi connectivity index (χ2n) is 11.5. The molecule has 1 aromatic carbocycles. The van der Waals surface area contributed by atoms with Crippen LogP contribution in [0.4, 0.5) is 0 Å². The van der Waals surface area contributed by atoms with Crippen LogP contribution in [0.2, 0.25) is 0 Å². The Morgan fingerprint density at radius 1 is 0.588 bits per heavy atom. The lowest BCUT2D eigenvalue weighted by atomic mass is 9.74. The van der Waals surface area contributed by atoms with E-state index in [9.17, 15) is 0 Å². The van der Waals surface area contributed by atoms with Crippen LogP contribution in [0.5, 0.6) is 11.5 Å². The summed E-state index contributed by atoms with van der Waals surface area (Å²) in [5.41, 5.74) is 0. The van der Waals surface area contributed by atoms with Crippen LogP contribution in [0.3, 0.4) is 0 Å². The topological polar surface area (TPSA) is 18.5 Å². The van der Waals surface area contributed by atoms with Crippen LogP contribution in [0.25, 0.3) is 0 Å². The molecule has 2 heteroatoms. The average molecular weight is 471 g/mol. The highest BCUT2D eigenvalue weighted by molar-refractivity contribution is 5.31. The predicted octanol–water partition coefficient (Wildman–Crippen LogP) is 10.00. The predicted molar refractivity (Wildman–Crippen MR) is 146 cm³/mol. The molecule has 2 fully saturated rings. The van der Waals surface area contributed by atoms with Crippen molar-refractivity contribution >= 4 is 0 Å². The summed E-state index contributed by atoms with van der Waals surface area (Å²) >= 11 is 0. The lowest BCUT2D eigenvalue weighted by Gasteiger charge is -2.32. The zero-order valence-electron chi connectivity index (χ0n) is 22.6. The summed E-state index contributed by atoms with van der Waals surface area (Å²) in [5.74, 6) is 5.61.